The molecule has 4 N–H and O–H groups in total. The third kappa shape index (κ3) is 16.1. The summed E-state index contributed by atoms with van der Waals surface area (Å²) < 4.78 is 98.4. The molecular weight excluding hydrogens is 472 g/mol. The zero-order valence-electron chi connectivity index (χ0n) is 16.3. The van der Waals surface area contributed by atoms with E-state index in [1.165, 1.54) is 13.8 Å². The molecule has 0 bridgehead atoms. The first-order valence-electron chi connectivity index (χ1n) is 8.67. The quantitative estimate of drug-likeness (QED) is 0.170. The molecule has 0 fully saturated rings. The fourth-order valence-corrected chi connectivity index (χ4v) is 8.96. The molecule has 176 valence electrons. The van der Waals surface area contributed by atoms with Crippen LogP contribution < -0.4 is 9.44 Å². The Hall–Kier alpha value is -0.360. The number of sulfonamides is 2. The van der Waals surface area contributed by atoms with Gasteiger partial charge in [-0.1, -0.05) is 0 Å². The highest BCUT2D eigenvalue weighted by Crippen LogP contribution is 2.05. The van der Waals surface area contributed by atoms with Crippen LogP contribution in [0, 0.1) is 0 Å². The third-order valence-electron chi connectivity index (χ3n) is 3.29. The number of hydrogen-bond acceptors (Lipinski definition) is 10. The number of aliphatic hydroxyl groups is 2. The fraction of sp³-hybridized carbons (Fsp3) is 1.00. The zero-order valence-corrected chi connectivity index (χ0v) is 19.6. The largest absolute Gasteiger partial charge is 0.392 e. The molecule has 2 atom stereocenters. The minimum absolute atomic E-state index is 0.224. The molecule has 0 heterocycles. The summed E-state index contributed by atoms with van der Waals surface area (Å²) in [5.41, 5.74) is 0. The van der Waals surface area contributed by atoms with Crippen molar-refractivity contribution in [3.63, 3.8) is 0 Å². The Bertz CT molecular complexity index is 831. The van der Waals surface area contributed by atoms with Gasteiger partial charge in [0.1, 0.15) is 0 Å². The maximum Gasteiger partial charge on any atom is 0.211 e. The zero-order chi connectivity index (χ0) is 22.9. The van der Waals surface area contributed by atoms with E-state index >= 15 is 0 Å². The van der Waals surface area contributed by atoms with Gasteiger partial charge in [-0.25, -0.2) is 43.1 Å². The summed E-state index contributed by atoms with van der Waals surface area (Å²) in [4.78, 5) is 0. The molecule has 0 aliphatic rings. The average molecular weight is 503 g/mol. The van der Waals surface area contributed by atoms with Crippen molar-refractivity contribution in [3.8, 4) is 0 Å². The molecule has 0 spiro atoms. The lowest BCUT2D eigenvalue weighted by atomic mass is 10.4. The molecule has 0 amide bonds. The van der Waals surface area contributed by atoms with Crippen molar-refractivity contribution in [2.24, 2.45) is 0 Å². The Balaban J connectivity index is 4.52. The number of hydrogen-bond donors (Lipinski definition) is 4. The van der Waals surface area contributed by atoms with Gasteiger partial charge in [0.05, 0.1) is 35.2 Å². The van der Waals surface area contributed by atoms with E-state index in [2.05, 4.69) is 9.44 Å². The van der Waals surface area contributed by atoms with Gasteiger partial charge in [-0.15, -0.1) is 0 Å². The van der Waals surface area contributed by atoms with Gasteiger partial charge in [0.15, 0.2) is 24.8 Å². The minimum atomic E-state index is -4.11. The van der Waals surface area contributed by atoms with Crippen LogP contribution in [-0.4, -0.2) is 97.3 Å². The Labute approximate surface area is 173 Å². The molecule has 0 aliphatic heterocycles. The van der Waals surface area contributed by atoms with Crippen molar-refractivity contribution in [1.82, 2.24) is 9.44 Å². The first-order chi connectivity index (χ1) is 13.0. The number of sulfone groups is 2. The second-order valence-corrected chi connectivity index (χ2v) is 15.3. The van der Waals surface area contributed by atoms with Crippen molar-refractivity contribution >= 4 is 39.7 Å². The van der Waals surface area contributed by atoms with Gasteiger partial charge < -0.3 is 10.2 Å². The molecule has 2 unspecified atom stereocenters. The van der Waals surface area contributed by atoms with Gasteiger partial charge in [0, 0.05) is 13.1 Å². The second kappa shape index (κ2) is 11.9. The van der Waals surface area contributed by atoms with Crippen molar-refractivity contribution in [2.75, 3.05) is 41.2 Å². The molecule has 0 radical (unpaired) electrons. The lowest BCUT2D eigenvalue weighted by Crippen LogP contribution is -2.33. The number of nitrogens with one attached hydrogen (secondary N) is 2. The van der Waals surface area contributed by atoms with Crippen LogP contribution in [0.3, 0.4) is 0 Å². The van der Waals surface area contributed by atoms with E-state index in [-0.39, 0.29) is 25.9 Å². The van der Waals surface area contributed by atoms with Crippen LogP contribution in [0.15, 0.2) is 0 Å². The second-order valence-electron chi connectivity index (χ2n) is 6.75. The van der Waals surface area contributed by atoms with Crippen LogP contribution >= 0.6 is 0 Å². The summed E-state index contributed by atoms with van der Waals surface area (Å²) in [6.07, 6.45) is -2.48. The van der Waals surface area contributed by atoms with Gasteiger partial charge in [-0.05, 0) is 26.7 Å². The minimum Gasteiger partial charge on any atom is -0.392 e. The van der Waals surface area contributed by atoms with Crippen LogP contribution in [0.5, 0.6) is 0 Å². The Morgan fingerprint density at radius 1 is 0.621 bits per heavy atom. The molecule has 0 saturated carbocycles. The van der Waals surface area contributed by atoms with Gasteiger partial charge in [-0.2, -0.15) is 0 Å². The first kappa shape index (κ1) is 28.6. The Kier molecular flexibility index (Phi) is 11.7. The first-order valence-corrected chi connectivity index (χ1v) is 15.6. The molecule has 12 nitrogen and oxygen atoms in total. The normalized spacial score (nSPS) is 15.9. The van der Waals surface area contributed by atoms with Crippen LogP contribution in [0.25, 0.3) is 0 Å². The van der Waals surface area contributed by atoms with E-state index in [1.807, 2.05) is 0 Å². The topological polar surface area (TPSA) is 201 Å². The lowest BCUT2D eigenvalue weighted by molar-refractivity contribution is 0.198. The van der Waals surface area contributed by atoms with Crippen molar-refractivity contribution in [3.05, 3.63) is 0 Å². The van der Waals surface area contributed by atoms with Crippen molar-refractivity contribution in [1.29, 1.82) is 0 Å². The summed E-state index contributed by atoms with van der Waals surface area (Å²) in [6, 6.07) is 0. The van der Waals surface area contributed by atoms with E-state index in [4.69, 9.17) is 10.2 Å². The summed E-state index contributed by atoms with van der Waals surface area (Å²) in [6.45, 7) is 2.29. The Morgan fingerprint density at radius 3 is 1.21 bits per heavy atom. The average Bonchev–Trinajstić information content (AvgIpc) is 2.49. The van der Waals surface area contributed by atoms with Crippen molar-refractivity contribution < 1.29 is 43.9 Å². The molecule has 0 aromatic heterocycles. The smallest absolute Gasteiger partial charge is 0.211 e. The van der Waals surface area contributed by atoms with E-state index in [1.54, 1.807) is 0 Å². The Morgan fingerprint density at radius 2 is 0.931 bits per heavy atom. The maximum atomic E-state index is 11.9. The fourth-order valence-electron chi connectivity index (χ4n) is 1.97. The molecule has 0 aromatic carbocycles. The van der Waals surface area contributed by atoms with E-state index in [0.717, 1.165) is 0 Å². The molecule has 16 heteroatoms. The van der Waals surface area contributed by atoms with Gasteiger partial charge >= 0.3 is 0 Å². The molecule has 0 aliphatic carbocycles. The van der Waals surface area contributed by atoms with Gasteiger partial charge in [0.2, 0.25) is 20.0 Å². The van der Waals surface area contributed by atoms with Crippen LogP contribution in [0.2, 0.25) is 0 Å². The standard InChI is InChI=1S/C13H30N2O10S4/c1-12(16)9-14-28(22,23)7-3-5-26(18,19)11-27(20,21)6-4-8-29(24,25)15-10-13(2)17/h12-17H,3-11H2,1-2H3. The molecule has 29 heavy (non-hydrogen) atoms. The highest BCUT2D eigenvalue weighted by atomic mass is 32.3. The molecule has 0 saturated heterocycles. The summed E-state index contributed by atoms with van der Waals surface area (Å²) in [5, 5.41) is 16.9. The third-order valence-corrected chi connectivity index (χ3v) is 10.9. The van der Waals surface area contributed by atoms with E-state index in [0.29, 0.717) is 0 Å². The molecule has 0 rings (SSSR count). The molecule has 0 aromatic rings. The SMILES string of the molecule is CC(O)CNS(=O)(=O)CCCS(=O)(=O)CS(=O)(=O)CCCS(=O)(=O)NCC(C)O. The highest BCUT2D eigenvalue weighted by Gasteiger charge is 2.24. The van der Waals surface area contributed by atoms with Gasteiger partial charge in [-0.3, -0.25) is 0 Å². The summed E-state index contributed by atoms with van der Waals surface area (Å²) >= 11 is 0. The van der Waals surface area contributed by atoms with Crippen LogP contribution in [0.1, 0.15) is 26.7 Å². The van der Waals surface area contributed by atoms with E-state index < -0.39 is 80.0 Å². The van der Waals surface area contributed by atoms with Gasteiger partial charge in [0.25, 0.3) is 0 Å². The monoisotopic (exact) mass is 502 g/mol. The van der Waals surface area contributed by atoms with Crippen molar-refractivity contribution in [2.45, 2.75) is 38.9 Å². The van der Waals surface area contributed by atoms with Crippen LogP contribution in [0.4, 0.5) is 0 Å². The highest BCUT2D eigenvalue weighted by molar-refractivity contribution is 8.08. The predicted molar refractivity (Wildman–Crippen MR) is 109 cm³/mol. The summed E-state index contributed by atoms with van der Waals surface area (Å²) in [5.74, 6) is -2.44. The lowest BCUT2D eigenvalue weighted by Gasteiger charge is -2.10. The predicted octanol–water partition coefficient (Wildman–Crippen LogP) is -2.85. The number of aliphatic hydroxyl groups excluding tert-OH is 2. The number of rotatable bonds is 16. The summed E-state index contributed by atoms with van der Waals surface area (Å²) in [7, 11) is -15.8. The molecular formula is C13H30N2O10S4. The maximum absolute atomic E-state index is 11.9. The van der Waals surface area contributed by atoms with Crippen LogP contribution in [-0.2, 0) is 39.7 Å². The van der Waals surface area contributed by atoms with E-state index in [9.17, 15) is 33.7 Å².